The number of amides is 1. The monoisotopic (exact) mass is 515 g/mol. The van der Waals surface area contributed by atoms with Gasteiger partial charge in [0.05, 0.1) is 54.6 Å². The van der Waals surface area contributed by atoms with Gasteiger partial charge in [-0.1, -0.05) is 0 Å². The Balaban J connectivity index is 1.70. The summed E-state index contributed by atoms with van der Waals surface area (Å²) in [7, 11) is 3.80. The average molecular weight is 516 g/mol. The largest absolute Gasteiger partial charge is 0.492 e. The molecule has 0 atom stereocenters. The van der Waals surface area contributed by atoms with Gasteiger partial charge in [0.2, 0.25) is 0 Å². The normalized spacial score (nSPS) is 13.9. The molecule has 1 saturated heterocycles. The quantitative estimate of drug-likeness (QED) is 0.447. The summed E-state index contributed by atoms with van der Waals surface area (Å²) in [6.07, 6.45) is 0. The number of carbonyl (C=O) groups is 1. The van der Waals surface area contributed by atoms with E-state index in [0.717, 1.165) is 18.8 Å². The Morgan fingerprint density at radius 1 is 1.19 bits per heavy atom. The smallest absolute Gasteiger partial charge is 0.266 e. The first-order chi connectivity index (χ1) is 17.3. The fraction of sp³-hybridized carbons (Fsp3) is 0.480. The molecule has 1 fully saturated rings. The number of aryl methyl sites for hydroxylation is 1. The van der Waals surface area contributed by atoms with Gasteiger partial charge in [-0.15, -0.1) is 11.3 Å². The molecule has 194 valence electrons. The highest BCUT2D eigenvalue weighted by Crippen LogP contribution is 2.40. The SMILES string of the molecule is CCOc1cc(N2CCOCC2)c(OCC)cc1NC(=O)c1sc2nc(CN(C)C)[nH]c(=O)c2c1C. The molecule has 0 aliphatic carbocycles. The summed E-state index contributed by atoms with van der Waals surface area (Å²) in [6.45, 7) is 9.79. The molecule has 1 amide bonds. The maximum absolute atomic E-state index is 13.4. The van der Waals surface area contributed by atoms with Crippen LogP contribution in [0.4, 0.5) is 11.4 Å². The molecule has 1 aliphatic heterocycles. The zero-order valence-electron chi connectivity index (χ0n) is 21.4. The molecule has 4 rings (SSSR count). The molecule has 0 saturated carbocycles. The highest BCUT2D eigenvalue weighted by atomic mass is 32.1. The number of H-pyrrole nitrogens is 1. The summed E-state index contributed by atoms with van der Waals surface area (Å²) >= 11 is 1.21. The molecule has 2 N–H and O–H groups in total. The van der Waals surface area contributed by atoms with Gasteiger partial charge in [0, 0.05) is 25.2 Å². The Bertz CT molecular complexity index is 1300. The molecule has 3 heterocycles. The average Bonchev–Trinajstić information content (AvgIpc) is 3.17. The van der Waals surface area contributed by atoms with Gasteiger partial charge in [-0.25, -0.2) is 4.98 Å². The van der Waals surface area contributed by atoms with E-state index in [1.54, 1.807) is 13.0 Å². The second kappa shape index (κ2) is 11.3. The number of rotatable bonds is 9. The summed E-state index contributed by atoms with van der Waals surface area (Å²) in [5, 5.41) is 3.42. The number of aromatic amines is 1. The second-order valence-corrected chi connectivity index (χ2v) is 9.72. The molecule has 36 heavy (non-hydrogen) atoms. The van der Waals surface area contributed by atoms with Gasteiger partial charge in [-0.05, 0) is 40.4 Å². The lowest BCUT2D eigenvalue weighted by atomic mass is 10.1. The van der Waals surface area contributed by atoms with Crippen LogP contribution in [-0.4, -0.2) is 74.4 Å². The van der Waals surface area contributed by atoms with Crippen molar-refractivity contribution in [2.45, 2.75) is 27.3 Å². The second-order valence-electron chi connectivity index (χ2n) is 8.72. The van der Waals surface area contributed by atoms with Gasteiger partial charge in [0.1, 0.15) is 22.2 Å². The fourth-order valence-corrected chi connectivity index (χ4v) is 5.30. The predicted molar refractivity (Wildman–Crippen MR) is 142 cm³/mol. The molecule has 3 aromatic rings. The van der Waals surface area contributed by atoms with Crippen LogP contribution in [0.15, 0.2) is 16.9 Å². The van der Waals surface area contributed by atoms with Gasteiger partial charge in [0.15, 0.2) is 0 Å². The summed E-state index contributed by atoms with van der Waals surface area (Å²) in [4.78, 5) is 38.7. The minimum atomic E-state index is -0.327. The van der Waals surface area contributed by atoms with Crippen molar-refractivity contribution in [3.8, 4) is 11.5 Å². The fourth-order valence-electron chi connectivity index (χ4n) is 4.20. The number of aromatic nitrogens is 2. The lowest BCUT2D eigenvalue weighted by Gasteiger charge is -2.31. The van der Waals surface area contributed by atoms with Crippen molar-refractivity contribution in [2.24, 2.45) is 0 Å². The van der Waals surface area contributed by atoms with E-state index in [1.807, 2.05) is 38.9 Å². The number of carbonyl (C=O) groups excluding carboxylic acids is 1. The maximum Gasteiger partial charge on any atom is 0.266 e. The van der Waals surface area contributed by atoms with Crippen LogP contribution in [0.2, 0.25) is 0 Å². The molecular formula is C25H33N5O5S. The van der Waals surface area contributed by atoms with Gasteiger partial charge in [-0.3, -0.25) is 9.59 Å². The molecular weight excluding hydrogens is 482 g/mol. The zero-order valence-corrected chi connectivity index (χ0v) is 22.2. The first-order valence-electron chi connectivity index (χ1n) is 12.1. The number of fused-ring (bicyclic) bond motifs is 1. The van der Waals surface area contributed by atoms with E-state index in [1.165, 1.54) is 11.3 Å². The molecule has 0 spiro atoms. The number of benzene rings is 1. The third-order valence-electron chi connectivity index (χ3n) is 5.78. The Morgan fingerprint density at radius 2 is 1.89 bits per heavy atom. The summed E-state index contributed by atoms with van der Waals surface area (Å²) in [5.41, 5.74) is 1.77. The van der Waals surface area contributed by atoms with Gasteiger partial charge in [0.25, 0.3) is 11.5 Å². The Kier molecular flexibility index (Phi) is 8.12. The molecule has 10 nitrogen and oxygen atoms in total. The Morgan fingerprint density at radius 3 is 2.56 bits per heavy atom. The zero-order chi connectivity index (χ0) is 25.8. The Labute approximate surface area is 214 Å². The minimum Gasteiger partial charge on any atom is -0.492 e. The number of morpholine rings is 1. The number of ether oxygens (including phenoxy) is 3. The van der Waals surface area contributed by atoms with E-state index < -0.39 is 0 Å². The van der Waals surface area contributed by atoms with Gasteiger partial charge < -0.3 is 34.3 Å². The molecule has 11 heteroatoms. The third-order valence-corrected chi connectivity index (χ3v) is 6.97. The number of nitrogens with one attached hydrogen (secondary N) is 2. The van der Waals surface area contributed by atoms with Crippen molar-refractivity contribution in [1.82, 2.24) is 14.9 Å². The summed E-state index contributed by atoms with van der Waals surface area (Å²) < 4.78 is 17.3. The number of thiophene rings is 1. The third kappa shape index (κ3) is 5.48. The Hall–Kier alpha value is -3.15. The van der Waals surface area contributed by atoms with Crippen LogP contribution in [0.5, 0.6) is 11.5 Å². The topological polar surface area (TPSA) is 109 Å². The highest BCUT2D eigenvalue weighted by Gasteiger charge is 2.23. The predicted octanol–water partition coefficient (Wildman–Crippen LogP) is 3.24. The molecule has 0 bridgehead atoms. The molecule has 0 unspecified atom stereocenters. The van der Waals surface area contributed by atoms with Crippen LogP contribution in [0.1, 0.15) is 34.9 Å². The molecule has 0 radical (unpaired) electrons. The van der Waals surface area contributed by atoms with Crippen LogP contribution in [0.3, 0.4) is 0 Å². The number of anilines is 2. The summed E-state index contributed by atoms with van der Waals surface area (Å²) in [5.74, 6) is 1.45. The van der Waals surface area contributed by atoms with Crippen molar-refractivity contribution in [3.63, 3.8) is 0 Å². The standard InChI is InChI=1S/C25H33N5O5S/c1-6-34-18-13-17(30-8-10-33-11-9-30)19(35-7-2)12-16(18)26-24(32)22-15(3)21-23(31)27-20(14-29(4)5)28-25(21)36-22/h12-13H,6-11,14H2,1-5H3,(H,26,32)(H,27,28,31). The van der Waals surface area contributed by atoms with Gasteiger partial charge in [-0.2, -0.15) is 0 Å². The van der Waals surface area contributed by atoms with E-state index >= 15 is 0 Å². The minimum absolute atomic E-state index is 0.242. The van der Waals surface area contributed by atoms with Crippen molar-refractivity contribution in [2.75, 3.05) is 63.8 Å². The first-order valence-corrected chi connectivity index (χ1v) is 12.9. The lowest BCUT2D eigenvalue weighted by molar-refractivity contribution is 0.102. The van der Waals surface area contributed by atoms with Crippen LogP contribution in [0.25, 0.3) is 10.2 Å². The van der Waals surface area contributed by atoms with Crippen molar-refractivity contribution in [1.29, 1.82) is 0 Å². The van der Waals surface area contributed by atoms with Crippen molar-refractivity contribution >= 4 is 38.8 Å². The lowest BCUT2D eigenvalue weighted by Crippen LogP contribution is -2.36. The van der Waals surface area contributed by atoms with Gasteiger partial charge >= 0.3 is 0 Å². The van der Waals surface area contributed by atoms with Crippen LogP contribution in [0, 0.1) is 6.92 Å². The number of nitrogens with zero attached hydrogens (tertiary/aromatic N) is 3. The van der Waals surface area contributed by atoms with Crippen molar-refractivity contribution < 1.29 is 19.0 Å². The first kappa shape index (κ1) is 25.9. The molecule has 1 aliphatic rings. The van der Waals surface area contributed by atoms with E-state index in [0.29, 0.717) is 76.6 Å². The van der Waals surface area contributed by atoms with Crippen LogP contribution in [-0.2, 0) is 11.3 Å². The maximum atomic E-state index is 13.4. The van der Waals surface area contributed by atoms with E-state index in [2.05, 4.69) is 20.2 Å². The highest BCUT2D eigenvalue weighted by molar-refractivity contribution is 7.20. The van der Waals surface area contributed by atoms with E-state index in [9.17, 15) is 9.59 Å². The number of hydrogen-bond acceptors (Lipinski definition) is 9. The van der Waals surface area contributed by atoms with Crippen LogP contribution >= 0.6 is 11.3 Å². The van der Waals surface area contributed by atoms with Crippen LogP contribution < -0.4 is 25.2 Å². The van der Waals surface area contributed by atoms with Crippen molar-refractivity contribution in [3.05, 3.63) is 38.8 Å². The molecule has 2 aromatic heterocycles. The number of hydrogen-bond donors (Lipinski definition) is 2. The summed E-state index contributed by atoms with van der Waals surface area (Å²) in [6, 6.07) is 3.72. The van der Waals surface area contributed by atoms with E-state index in [4.69, 9.17) is 14.2 Å². The van der Waals surface area contributed by atoms with E-state index in [-0.39, 0.29) is 11.5 Å². The molecule has 1 aromatic carbocycles.